The summed E-state index contributed by atoms with van der Waals surface area (Å²) < 4.78 is 45.2. The summed E-state index contributed by atoms with van der Waals surface area (Å²) in [5.41, 5.74) is -0.561. The Labute approximate surface area is 155 Å². The molecular weight excluding hydrogens is 373 g/mol. The first-order valence-corrected chi connectivity index (χ1v) is 8.09. The van der Waals surface area contributed by atoms with Gasteiger partial charge in [-0.15, -0.1) is 0 Å². The lowest BCUT2D eigenvalue weighted by Crippen LogP contribution is -2.12. The molecule has 0 aliphatic heterocycles. The lowest BCUT2D eigenvalue weighted by atomic mass is 10.1. The molecule has 0 spiro atoms. The maximum Gasteiger partial charge on any atom is 0.416 e. The molecule has 9 heteroatoms. The van der Waals surface area contributed by atoms with Gasteiger partial charge in [0, 0.05) is 17.8 Å². The number of alkyl halides is 3. The van der Waals surface area contributed by atoms with Crippen LogP contribution in [-0.2, 0) is 6.18 Å². The Morgan fingerprint density at radius 2 is 1.75 bits per heavy atom. The predicted octanol–water partition coefficient (Wildman–Crippen LogP) is 3.97. The van der Waals surface area contributed by atoms with Crippen LogP contribution in [0.5, 0.6) is 0 Å². The van der Waals surface area contributed by atoms with E-state index in [1.165, 1.54) is 29.1 Å². The summed E-state index contributed by atoms with van der Waals surface area (Å²) in [5, 5.41) is 7.89. The highest BCUT2D eigenvalue weighted by Crippen LogP contribution is 2.31. The van der Waals surface area contributed by atoms with Crippen molar-refractivity contribution in [3.63, 3.8) is 0 Å². The van der Waals surface area contributed by atoms with Crippen LogP contribution in [0.2, 0.25) is 0 Å². The number of aromatic nitrogens is 4. The summed E-state index contributed by atoms with van der Waals surface area (Å²) in [6.45, 7) is 0. The van der Waals surface area contributed by atoms with Gasteiger partial charge >= 0.3 is 6.18 Å². The molecule has 0 fully saturated rings. The van der Waals surface area contributed by atoms with Crippen LogP contribution in [0.25, 0.3) is 28.7 Å². The molecule has 0 radical (unpaired) electrons. The van der Waals surface area contributed by atoms with Gasteiger partial charge in [-0.25, -0.2) is 4.68 Å². The monoisotopic (exact) mass is 384 g/mol. The van der Waals surface area contributed by atoms with Crippen molar-refractivity contribution >= 4 is 0 Å². The molecule has 0 amide bonds. The Bertz CT molecular complexity index is 1180. The molecule has 2 aromatic heterocycles. The van der Waals surface area contributed by atoms with Gasteiger partial charge in [0.25, 0.3) is 5.89 Å². The first-order valence-electron chi connectivity index (χ1n) is 8.09. The van der Waals surface area contributed by atoms with Gasteiger partial charge in [-0.05, 0) is 24.3 Å². The van der Waals surface area contributed by atoms with Crippen molar-refractivity contribution in [2.75, 3.05) is 0 Å². The first kappa shape index (κ1) is 17.7. The fraction of sp³-hybridized carbons (Fsp3) is 0.0526. The second kappa shape index (κ2) is 6.76. The number of nitrogens with zero attached hydrogens (tertiary/aromatic N) is 4. The van der Waals surface area contributed by atoms with Gasteiger partial charge in [-0.2, -0.15) is 23.3 Å². The third-order valence-corrected chi connectivity index (χ3v) is 3.91. The highest BCUT2D eigenvalue weighted by molar-refractivity contribution is 5.58. The van der Waals surface area contributed by atoms with E-state index in [0.29, 0.717) is 5.69 Å². The van der Waals surface area contributed by atoms with Crippen molar-refractivity contribution in [3.8, 4) is 28.7 Å². The van der Waals surface area contributed by atoms with E-state index in [9.17, 15) is 18.0 Å². The molecule has 0 saturated heterocycles. The maximum absolute atomic E-state index is 12.9. The predicted molar refractivity (Wildman–Crippen MR) is 93.6 cm³/mol. The van der Waals surface area contributed by atoms with Crippen LogP contribution >= 0.6 is 0 Å². The summed E-state index contributed by atoms with van der Waals surface area (Å²) in [5.74, 6) is -0.250. The number of rotatable bonds is 3. The zero-order valence-corrected chi connectivity index (χ0v) is 14.1. The summed E-state index contributed by atoms with van der Waals surface area (Å²) >= 11 is 0. The normalized spacial score (nSPS) is 11.5. The maximum atomic E-state index is 12.9. The smallest absolute Gasteiger partial charge is 0.332 e. The molecule has 2 heterocycles. The third kappa shape index (κ3) is 3.41. The lowest BCUT2D eigenvalue weighted by Gasteiger charge is -2.06. The number of para-hydroxylation sites is 1. The highest BCUT2D eigenvalue weighted by Gasteiger charge is 2.30. The van der Waals surface area contributed by atoms with E-state index >= 15 is 0 Å². The number of hydrogen-bond donors (Lipinski definition) is 0. The molecule has 4 rings (SSSR count). The molecule has 0 atom stereocenters. The molecule has 6 nitrogen and oxygen atoms in total. The topological polar surface area (TPSA) is 73.8 Å². The minimum atomic E-state index is -4.49. The molecule has 28 heavy (non-hydrogen) atoms. The zero-order chi connectivity index (χ0) is 19.7. The van der Waals surface area contributed by atoms with E-state index in [1.807, 2.05) is 18.2 Å². The molecule has 0 bridgehead atoms. The van der Waals surface area contributed by atoms with E-state index in [1.54, 1.807) is 12.1 Å². The van der Waals surface area contributed by atoms with Gasteiger partial charge in [0.2, 0.25) is 11.3 Å². The molecule has 0 unspecified atom stereocenters. The van der Waals surface area contributed by atoms with Crippen molar-refractivity contribution in [2.24, 2.45) is 0 Å². The Morgan fingerprint density at radius 3 is 2.50 bits per heavy atom. The lowest BCUT2D eigenvalue weighted by molar-refractivity contribution is -0.137. The van der Waals surface area contributed by atoms with Crippen molar-refractivity contribution in [3.05, 3.63) is 82.6 Å². The Balaban J connectivity index is 1.73. The molecule has 2 aromatic carbocycles. The van der Waals surface area contributed by atoms with Crippen LogP contribution in [0.3, 0.4) is 0 Å². The highest BCUT2D eigenvalue weighted by atomic mass is 19.4. The minimum Gasteiger partial charge on any atom is -0.332 e. The Hall–Kier alpha value is -3.75. The zero-order valence-electron chi connectivity index (χ0n) is 14.1. The van der Waals surface area contributed by atoms with Gasteiger partial charge in [0.15, 0.2) is 5.69 Å². The second-order valence-corrected chi connectivity index (χ2v) is 5.81. The minimum absolute atomic E-state index is 0.0718. The summed E-state index contributed by atoms with van der Waals surface area (Å²) in [6, 6.07) is 14.9. The van der Waals surface area contributed by atoms with Crippen LogP contribution < -0.4 is 5.43 Å². The van der Waals surface area contributed by atoms with E-state index < -0.39 is 17.2 Å². The van der Waals surface area contributed by atoms with Crippen LogP contribution in [0.15, 0.2) is 76.2 Å². The average molecular weight is 384 g/mol. The number of hydrogen-bond acceptors (Lipinski definition) is 5. The number of halogens is 3. The van der Waals surface area contributed by atoms with Gasteiger partial charge in [-0.1, -0.05) is 35.5 Å². The van der Waals surface area contributed by atoms with Crippen LogP contribution in [0.1, 0.15) is 5.56 Å². The quantitative estimate of drug-likeness (QED) is 0.534. The van der Waals surface area contributed by atoms with Crippen molar-refractivity contribution in [1.29, 1.82) is 0 Å². The fourth-order valence-corrected chi connectivity index (χ4v) is 2.55. The SMILES string of the molecule is O=c1ccn(-c2ccccc2)nc1-c1nc(-c2cccc(C(F)(F)F)c2)no1. The third-order valence-electron chi connectivity index (χ3n) is 3.91. The second-order valence-electron chi connectivity index (χ2n) is 5.81. The standard InChI is InChI=1S/C19H11F3N4O2/c20-19(21,22)13-6-4-5-12(11-13)17-23-18(28-25-17)16-15(27)9-10-26(24-16)14-7-2-1-3-8-14/h1-11H. The van der Waals surface area contributed by atoms with E-state index in [4.69, 9.17) is 4.52 Å². The van der Waals surface area contributed by atoms with Gasteiger partial charge in [-0.3, -0.25) is 4.79 Å². The van der Waals surface area contributed by atoms with Crippen molar-refractivity contribution < 1.29 is 17.7 Å². The summed E-state index contributed by atoms with van der Waals surface area (Å²) in [6.07, 6.45) is -3.00. The number of benzene rings is 2. The molecule has 0 N–H and O–H groups in total. The average Bonchev–Trinajstić information content (AvgIpc) is 3.18. The Kier molecular flexibility index (Phi) is 4.26. The molecule has 140 valence electrons. The Morgan fingerprint density at radius 1 is 0.964 bits per heavy atom. The molecular formula is C19H11F3N4O2. The van der Waals surface area contributed by atoms with Gasteiger partial charge in [0.05, 0.1) is 11.3 Å². The molecule has 0 saturated carbocycles. The summed E-state index contributed by atoms with van der Waals surface area (Å²) in [4.78, 5) is 16.2. The van der Waals surface area contributed by atoms with Gasteiger partial charge < -0.3 is 4.52 Å². The van der Waals surface area contributed by atoms with Crippen LogP contribution in [0.4, 0.5) is 13.2 Å². The van der Waals surface area contributed by atoms with E-state index in [-0.39, 0.29) is 23.0 Å². The van der Waals surface area contributed by atoms with Gasteiger partial charge in [0.1, 0.15) is 0 Å². The molecule has 0 aliphatic rings. The molecule has 4 aromatic rings. The van der Waals surface area contributed by atoms with Crippen LogP contribution in [0, 0.1) is 0 Å². The largest absolute Gasteiger partial charge is 0.416 e. The van der Waals surface area contributed by atoms with E-state index in [0.717, 1.165) is 12.1 Å². The molecule has 0 aliphatic carbocycles. The van der Waals surface area contributed by atoms with E-state index in [2.05, 4.69) is 15.2 Å². The van der Waals surface area contributed by atoms with Crippen LogP contribution in [-0.4, -0.2) is 19.9 Å². The fourth-order valence-electron chi connectivity index (χ4n) is 2.55. The first-order chi connectivity index (χ1) is 13.4. The van der Waals surface area contributed by atoms with Crippen molar-refractivity contribution in [2.45, 2.75) is 6.18 Å². The summed E-state index contributed by atoms with van der Waals surface area (Å²) in [7, 11) is 0. The van der Waals surface area contributed by atoms with Crippen molar-refractivity contribution in [1.82, 2.24) is 19.9 Å².